The second-order valence-corrected chi connectivity index (χ2v) is 4.16. The van der Waals surface area contributed by atoms with Gasteiger partial charge >= 0.3 is 0 Å². The first-order chi connectivity index (χ1) is 7.61. The van der Waals surface area contributed by atoms with Gasteiger partial charge in [-0.05, 0) is 18.6 Å². The Kier molecular flexibility index (Phi) is 2.88. The van der Waals surface area contributed by atoms with Gasteiger partial charge in [-0.3, -0.25) is 4.68 Å². The van der Waals surface area contributed by atoms with E-state index < -0.39 is 0 Å². The van der Waals surface area contributed by atoms with Crippen LogP contribution in [0.2, 0.25) is 5.02 Å². The van der Waals surface area contributed by atoms with E-state index in [1.165, 1.54) is 0 Å². The molecule has 0 aliphatic rings. The maximum Gasteiger partial charge on any atom is 0.0700 e. The molecule has 1 heterocycles. The van der Waals surface area contributed by atoms with Crippen molar-refractivity contribution in [2.45, 2.75) is 13.3 Å². The van der Waals surface area contributed by atoms with Gasteiger partial charge in [0.1, 0.15) is 0 Å². The second-order valence-electron chi connectivity index (χ2n) is 3.76. The average Bonchev–Trinajstić information content (AvgIpc) is 2.59. The Balaban J connectivity index is 2.57. The van der Waals surface area contributed by atoms with Gasteiger partial charge in [0, 0.05) is 30.1 Å². The van der Waals surface area contributed by atoms with Crippen LogP contribution in [0.3, 0.4) is 0 Å². The van der Waals surface area contributed by atoms with Crippen molar-refractivity contribution < 1.29 is 0 Å². The zero-order valence-electron chi connectivity index (χ0n) is 9.37. The van der Waals surface area contributed by atoms with E-state index in [-0.39, 0.29) is 0 Å². The minimum atomic E-state index is 0.669. The lowest BCUT2D eigenvalue weighted by Crippen LogP contribution is -1.89. The lowest BCUT2D eigenvalue weighted by Gasteiger charge is -2.04. The number of halogens is 1. The fraction of sp³-hybridized carbons (Fsp3) is 0.250. The number of anilines is 1. The number of nitrogen functional groups attached to an aromatic ring is 1. The van der Waals surface area contributed by atoms with Crippen molar-refractivity contribution in [3.05, 3.63) is 35.1 Å². The third-order valence-electron chi connectivity index (χ3n) is 2.52. The lowest BCUT2D eigenvalue weighted by molar-refractivity contribution is 0.746. The Morgan fingerprint density at radius 3 is 2.75 bits per heavy atom. The molecule has 0 aliphatic carbocycles. The van der Waals surface area contributed by atoms with Gasteiger partial charge in [0.25, 0.3) is 0 Å². The van der Waals surface area contributed by atoms with Gasteiger partial charge in [0.2, 0.25) is 0 Å². The number of nitrogens with two attached hydrogens (primary N) is 1. The molecule has 0 saturated carbocycles. The summed E-state index contributed by atoms with van der Waals surface area (Å²) in [7, 11) is 1.91. The number of aromatic nitrogens is 2. The highest BCUT2D eigenvalue weighted by atomic mass is 35.5. The van der Waals surface area contributed by atoms with E-state index >= 15 is 0 Å². The highest BCUT2D eigenvalue weighted by molar-refractivity contribution is 6.33. The van der Waals surface area contributed by atoms with E-state index in [2.05, 4.69) is 12.0 Å². The van der Waals surface area contributed by atoms with Crippen molar-refractivity contribution in [2.75, 3.05) is 5.73 Å². The van der Waals surface area contributed by atoms with Crippen LogP contribution >= 0.6 is 11.6 Å². The SMILES string of the molecule is CCc1nn(C)cc1-c1ccc(N)cc1Cl. The van der Waals surface area contributed by atoms with E-state index in [4.69, 9.17) is 17.3 Å². The highest BCUT2D eigenvalue weighted by Crippen LogP contribution is 2.31. The molecule has 1 aromatic heterocycles. The van der Waals surface area contributed by atoms with E-state index in [1.54, 1.807) is 10.7 Å². The van der Waals surface area contributed by atoms with E-state index in [9.17, 15) is 0 Å². The first kappa shape index (κ1) is 11.0. The maximum atomic E-state index is 6.19. The maximum absolute atomic E-state index is 6.19. The Morgan fingerprint density at radius 1 is 1.38 bits per heavy atom. The molecule has 2 rings (SSSR count). The molecule has 3 nitrogen and oxygen atoms in total. The molecule has 0 unspecified atom stereocenters. The molecular formula is C12H14ClN3. The van der Waals surface area contributed by atoms with E-state index in [0.717, 1.165) is 23.2 Å². The summed E-state index contributed by atoms with van der Waals surface area (Å²) in [6, 6.07) is 5.56. The summed E-state index contributed by atoms with van der Waals surface area (Å²) in [6.45, 7) is 2.08. The van der Waals surface area contributed by atoms with Crippen LogP contribution < -0.4 is 5.73 Å². The summed E-state index contributed by atoms with van der Waals surface area (Å²) < 4.78 is 1.81. The minimum Gasteiger partial charge on any atom is -0.399 e. The molecule has 4 heteroatoms. The molecular weight excluding hydrogens is 222 g/mol. The van der Waals surface area contributed by atoms with Crippen LogP contribution in [0.4, 0.5) is 5.69 Å². The molecule has 0 aliphatic heterocycles. The molecule has 1 aromatic carbocycles. The van der Waals surface area contributed by atoms with Gasteiger partial charge < -0.3 is 5.73 Å². The molecule has 0 bridgehead atoms. The fourth-order valence-corrected chi connectivity index (χ4v) is 2.06. The van der Waals surface area contributed by atoms with Gasteiger partial charge in [-0.2, -0.15) is 5.10 Å². The number of nitrogens with zero attached hydrogens (tertiary/aromatic N) is 2. The lowest BCUT2D eigenvalue weighted by atomic mass is 10.0. The predicted molar refractivity (Wildman–Crippen MR) is 67.4 cm³/mol. The van der Waals surface area contributed by atoms with Crippen molar-refractivity contribution in [1.29, 1.82) is 0 Å². The predicted octanol–water partition coefficient (Wildman–Crippen LogP) is 2.89. The van der Waals surface area contributed by atoms with E-state index in [0.29, 0.717) is 10.7 Å². The first-order valence-corrected chi connectivity index (χ1v) is 5.57. The molecule has 0 fully saturated rings. The standard InChI is InChI=1S/C12H14ClN3/c1-3-12-10(7-16(2)15-12)9-5-4-8(14)6-11(9)13/h4-7H,3,14H2,1-2H3. The molecule has 0 amide bonds. The summed E-state index contributed by atoms with van der Waals surface area (Å²) in [4.78, 5) is 0. The Hall–Kier alpha value is -1.48. The van der Waals surface area contributed by atoms with Crippen LogP contribution in [0.5, 0.6) is 0 Å². The molecule has 0 atom stereocenters. The molecule has 84 valence electrons. The summed E-state index contributed by atoms with van der Waals surface area (Å²) in [5.41, 5.74) is 9.47. The zero-order chi connectivity index (χ0) is 11.7. The van der Waals surface area contributed by atoms with Gasteiger partial charge in [-0.15, -0.1) is 0 Å². The quantitative estimate of drug-likeness (QED) is 0.814. The zero-order valence-corrected chi connectivity index (χ0v) is 10.1. The number of rotatable bonds is 2. The number of hydrogen-bond acceptors (Lipinski definition) is 2. The summed E-state index contributed by atoms with van der Waals surface area (Å²) in [5, 5.41) is 5.06. The number of hydrogen-bond donors (Lipinski definition) is 1. The molecule has 2 N–H and O–H groups in total. The van der Waals surface area contributed by atoms with Gasteiger partial charge in [0.05, 0.1) is 10.7 Å². The van der Waals surface area contributed by atoms with Crippen LogP contribution in [-0.2, 0) is 13.5 Å². The van der Waals surface area contributed by atoms with Crippen molar-refractivity contribution in [3.8, 4) is 11.1 Å². The third kappa shape index (κ3) is 1.91. The number of aryl methyl sites for hydroxylation is 2. The number of benzene rings is 1. The molecule has 0 spiro atoms. The van der Waals surface area contributed by atoms with E-state index in [1.807, 2.05) is 25.4 Å². The molecule has 0 radical (unpaired) electrons. The van der Waals surface area contributed by atoms with Crippen LogP contribution in [-0.4, -0.2) is 9.78 Å². The molecule has 2 aromatic rings. The van der Waals surface area contributed by atoms with Crippen molar-refractivity contribution in [3.63, 3.8) is 0 Å². The van der Waals surface area contributed by atoms with Crippen molar-refractivity contribution in [1.82, 2.24) is 9.78 Å². The van der Waals surface area contributed by atoms with Gasteiger partial charge in [0.15, 0.2) is 0 Å². The third-order valence-corrected chi connectivity index (χ3v) is 2.84. The Labute approximate surface area is 99.8 Å². The Morgan fingerprint density at radius 2 is 2.12 bits per heavy atom. The Bertz CT molecular complexity index is 517. The normalized spacial score (nSPS) is 10.7. The van der Waals surface area contributed by atoms with Crippen molar-refractivity contribution >= 4 is 17.3 Å². The second kappa shape index (κ2) is 4.18. The minimum absolute atomic E-state index is 0.669. The van der Waals surface area contributed by atoms with Gasteiger partial charge in [-0.25, -0.2) is 0 Å². The smallest absolute Gasteiger partial charge is 0.0700 e. The summed E-state index contributed by atoms with van der Waals surface area (Å²) in [5.74, 6) is 0. The first-order valence-electron chi connectivity index (χ1n) is 5.19. The van der Waals surface area contributed by atoms with Crippen molar-refractivity contribution in [2.24, 2.45) is 7.05 Å². The highest BCUT2D eigenvalue weighted by Gasteiger charge is 2.11. The van der Waals surface area contributed by atoms with Crippen LogP contribution in [0.25, 0.3) is 11.1 Å². The average molecular weight is 236 g/mol. The fourth-order valence-electron chi connectivity index (χ4n) is 1.77. The largest absolute Gasteiger partial charge is 0.399 e. The van der Waals surface area contributed by atoms with Crippen LogP contribution in [0.15, 0.2) is 24.4 Å². The molecule has 0 saturated heterocycles. The monoisotopic (exact) mass is 235 g/mol. The summed E-state index contributed by atoms with van der Waals surface area (Å²) in [6.07, 6.45) is 2.87. The van der Waals surface area contributed by atoms with Crippen LogP contribution in [0.1, 0.15) is 12.6 Å². The van der Waals surface area contributed by atoms with Gasteiger partial charge in [-0.1, -0.05) is 24.6 Å². The van der Waals surface area contributed by atoms with Crippen LogP contribution in [0, 0.1) is 0 Å². The summed E-state index contributed by atoms with van der Waals surface area (Å²) >= 11 is 6.19. The molecule has 16 heavy (non-hydrogen) atoms. The topological polar surface area (TPSA) is 43.8 Å².